The van der Waals surface area contributed by atoms with Crippen LogP contribution in [0.25, 0.3) is 0 Å². The van der Waals surface area contributed by atoms with Crippen molar-refractivity contribution in [3.8, 4) is 0 Å². The molecular formula is C9H13ClGeP+. The van der Waals surface area contributed by atoms with Crippen LogP contribution in [0, 0.1) is 0 Å². The molecule has 3 heteroatoms. The molecule has 0 aliphatic heterocycles. The fraction of sp³-hybridized carbons (Fsp3) is 0.333. The zero-order chi connectivity index (χ0) is 8.48. The van der Waals surface area contributed by atoms with Gasteiger partial charge in [0.25, 0.3) is 0 Å². The number of rotatable bonds is 1. The molecule has 4 radical (unpaired) electrons. The average Bonchev–Trinajstić information content (AvgIpc) is 1.86. The monoisotopic (exact) mass is 261 g/mol. The number of hydrogen-bond acceptors (Lipinski definition) is 0. The number of benzene rings is 1. The minimum atomic E-state index is -0.938. The molecule has 0 saturated carbocycles. The molecule has 0 atom stereocenters. The molecule has 0 amide bonds. The van der Waals surface area contributed by atoms with Gasteiger partial charge in [0.2, 0.25) is 0 Å². The third kappa shape index (κ3) is 3.08. The first-order chi connectivity index (χ1) is 5.02. The van der Waals surface area contributed by atoms with Gasteiger partial charge in [0.1, 0.15) is 5.30 Å². The van der Waals surface area contributed by atoms with Crippen molar-refractivity contribution in [3.05, 3.63) is 29.3 Å². The summed E-state index contributed by atoms with van der Waals surface area (Å²) in [7, 11) is -0.938. The predicted octanol–water partition coefficient (Wildman–Crippen LogP) is 2.49. The quantitative estimate of drug-likeness (QED) is 0.537. The zero-order valence-corrected chi connectivity index (χ0v) is 11.4. The summed E-state index contributed by atoms with van der Waals surface area (Å²) in [6.45, 7) is 6.82. The third-order valence-electron chi connectivity index (χ3n) is 1.58. The van der Waals surface area contributed by atoms with E-state index in [0.717, 1.165) is 5.02 Å². The van der Waals surface area contributed by atoms with Crippen molar-refractivity contribution in [3.63, 3.8) is 0 Å². The Morgan fingerprint density at radius 1 is 1.08 bits per heavy atom. The van der Waals surface area contributed by atoms with E-state index >= 15 is 0 Å². The fourth-order valence-corrected chi connectivity index (χ4v) is 3.14. The first-order valence-electron chi connectivity index (χ1n) is 3.58. The van der Waals surface area contributed by atoms with E-state index in [2.05, 4.69) is 26.1 Å². The van der Waals surface area contributed by atoms with Gasteiger partial charge in [-0.15, -0.1) is 0 Å². The Bertz CT molecular complexity index is 255. The minimum Gasteiger partial charge on any atom is -0.0800 e. The number of halogens is 1. The van der Waals surface area contributed by atoms with E-state index in [4.69, 9.17) is 11.6 Å². The standard InChI is InChI=1S/C9H13ClP.Ge/c1-11(2,3)9-7-5-4-6-8(9)10;/h4-7H,1-3H3;/q+1;. The Balaban J connectivity index is 0.00000121. The topological polar surface area (TPSA) is 0 Å². The van der Waals surface area contributed by atoms with E-state index in [1.54, 1.807) is 0 Å². The van der Waals surface area contributed by atoms with E-state index in [1.807, 2.05) is 18.2 Å². The molecule has 1 aromatic carbocycles. The van der Waals surface area contributed by atoms with Gasteiger partial charge in [0.05, 0.1) is 25.0 Å². The van der Waals surface area contributed by atoms with Gasteiger partial charge in [-0.2, -0.15) is 0 Å². The van der Waals surface area contributed by atoms with Crippen LogP contribution in [0.5, 0.6) is 0 Å². The van der Waals surface area contributed by atoms with Crippen molar-refractivity contribution in [2.24, 2.45) is 0 Å². The van der Waals surface area contributed by atoms with Gasteiger partial charge >= 0.3 is 0 Å². The van der Waals surface area contributed by atoms with Crippen molar-refractivity contribution < 1.29 is 0 Å². The summed E-state index contributed by atoms with van der Waals surface area (Å²) < 4.78 is 0. The molecule has 0 unspecified atom stereocenters. The van der Waals surface area contributed by atoms with Gasteiger partial charge in [-0.3, -0.25) is 0 Å². The summed E-state index contributed by atoms with van der Waals surface area (Å²) in [6, 6.07) is 8.10. The maximum atomic E-state index is 6.04. The summed E-state index contributed by atoms with van der Waals surface area (Å²) in [6.07, 6.45) is 0. The molecular weight excluding hydrogens is 247 g/mol. The van der Waals surface area contributed by atoms with E-state index in [-0.39, 0.29) is 17.6 Å². The molecule has 1 rings (SSSR count). The van der Waals surface area contributed by atoms with Gasteiger partial charge < -0.3 is 0 Å². The molecule has 0 saturated heterocycles. The molecule has 0 fully saturated rings. The van der Waals surface area contributed by atoms with Crippen molar-refractivity contribution in [1.82, 2.24) is 0 Å². The summed E-state index contributed by atoms with van der Waals surface area (Å²) >= 11 is 6.04. The second-order valence-electron chi connectivity index (χ2n) is 3.46. The van der Waals surface area contributed by atoms with Crippen LogP contribution in [-0.2, 0) is 0 Å². The fourth-order valence-electron chi connectivity index (χ4n) is 0.996. The van der Waals surface area contributed by atoms with Gasteiger partial charge in [-0.1, -0.05) is 23.7 Å². The van der Waals surface area contributed by atoms with Crippen molar-refractivity contribution in [2.75, 3.05) is 20.0 Å². The van der Waals surface area contributed by atoms with Crippen LogP contribution in [0.1, 0.15) is 0 Å². The van der Waals surface area contributed by atoms with E-state index < -0.39 is 7.26 Å². The van der Waals surface area contributed by atoms with Crippen molar-refractivity contribution in [2.45, 2.75) is 0 Å². The average molecular weight is 260 g/mol. The summed E-state index contributed by atoms with van der Waals surface area (Å²) in [5.41, 5.74) is 0. The van der Waals surface area contributed by atoms with Crippen LogP contribution < -0.4 is 5.30 Å². The van der Waals surface area contributed by atoms with E-state index in [1.165, 1.54) is 5.30 Å². The van der Waals surface area contributed by atoms with Gasteiger partial charge in [0.15, 0.2) is 0 Å². The maximum absolute atomic E-state index is 6.04. The molecule has 64 valence electrons. The molecule has 0 bridgehead atoms. The van der Waals surface area contributed by atoms with E-state index in [9.17, 15) is 0 Å². The van der Waals surface area contributed by atoms with Crippen LogP contribution >= 0.6 is 18.9 Å². The second-order valence-corrected chi connectivity index (χ2v) is 8.38. The molecule has 0 aromatic heterocycles. The summed E-state index contributed by atoms with van der Waals surface area (Å²) in [5, 5.41) is 2.23. The maximum Gasteiger partial charge on any atom is 0.111 e. The van der Waals surface area contributed by atoms with Crippen LogP contribution in [0.2, 0.25) is 5.02 Å². The third-order valence-corrected chi connectivity index (χ3v) is 3.87. The molecule has 0 aliphatic carbocycles. The second kappa shape index (κ2) is 4.64. The van der Waals surface area contributed by atoms with Crippen molar-refractivity contribution >= 4 is 41.8 Å². The first kappa shape index (κ1) is 12.5. The largest absolute Gasteiger partial charge is 0.111 e. The molecule has 0 aliphatic rings. The van der Waals surface area contributed by atoms with Gasteiger partial charge in [-0.05, 0) is 12.1 Å². The van der Waals surface area contributed by atoms with Crippen LogP contribution in [-0.4, -0.2) is 37.6 Å². The Morgan fingerprint density at radius 3 is 1.92 bits per heavy atom. The smallest absolute Gasteiger partial charge is 0.0800 e. The summed E-state index contributed by atoms with van der Waals surface area (Å²) in [5.74, 6) is 0. The first-order valence-corrected chi connectivity index (χ1v) is 7.09. The van der Waals surface area contributed by atoms with Gasteiger partial charge in [0, 0.05) is 24.9 Å². The van der Waals surface area contributed by atoms with Crippen LogP contribution in [0.4, 0.5) is 0 Å². The Hall–Kier alpha value is 0.483. The summed E-state index contributed by atoms with van der Waals surface area (Å²) in [4.78, 5) is 0. The Morgan fingerprint density at radius 2 is 1.58 bits per heavy atom. The van der Waals surface area contributed by atoms with Gasteiger partial charge in [-0.25, -0.2) is 0 Å². The SMILES string of the molecule is C[P+](C)(C)c1ccccc1Cl.[Ge]. The van der Waals surface area contributed by atoms with Crippen LogP contribution in [0.15, 0.2) is 24.3 Å². The van der Waals surface area contributed by atoms with E-state index in [0.29, 0.717) is 0 Å². The zero-order valence-electron chi connectivity index (χ0n) is 7.63. The van der Waals surface area contributed by atoms with Crippen LogP contribution in [0.3, 0.4) is 0 Å². The molecule has 0 spiro atoms. The normalized spacial score (nSPS) is 10.7. The molecule has 12 heavy (non-hydrogen) atoms. The molecule has 0 N–H and O–H groups in total. The van der Waals surface area contributed by atoms with Crippen molar-refractivity contribution in [1.29, 1.82) is 0 Å². The Kier molecular flexibility index (Phi) is 4.83. The molecule has 0 heterocycles. The molecule has 0 nitrogen and oxygen atoms in total. The number of hydrogen-bond donors (Lipinski definition) is 0. The molecule has 1 aromatic rings. The predicted molar refractivity (Wildman–Crippen MR) is 61.5 cm³/mol. The Labute approximate surface area is 91.0 Å². The minimum absolute atomic E-state index is 0.